The number of hydrogen-bond acceptors (Lipinski definition) is 5. The number of hydrogen-bond donors (Lipinski definition) is 3. The molecule has 1 amide bonds. The van der Waals surface area contributed by atoms with Crippen LogP contribution in [0.1, 0.15) is 26.2 Å². The van der Waals surface area contributed by atoms with Gasteiger partial charge in [0.2, 0.25) is 0 Å². The summed E-state index contributed by atoms with van der Waals surface area (Å²) in [6, 6.07) is 4.83. The molecule has 0 aromatic heterocycles. The molecule has 2 fully saturated rings. The Labute approximate surface area is 214 Å². The molecule has 2 atom stereocenters. The van der Waals surface area contributed by atoms with Crippen LogP contribution in [-0.4, -0.2) is 67.9 Å². The number of benzene rings is 1. The summed E-state index contributed by atoms with van der Waals surface area (Å²) in [5.41, 5.74) is 7.06. The van der Waals surface area contributed by atoms with Crippen LogP contribution in [0.4, 0.5) is 14.5 Å². The maximum absolute atomic E-state index is 14.1. The number of carbonyl (C=O) groups is 1. The van der Waals surface area contributed by atoms with Gasteiger partial charge in [-0.25, -0.2) is 13.8 Å². The molecule has 2 unspecified atom stereocenters. The molecule has 1 aromatic rings. The molecule has 11 heteroatoms. The summed E-state index contributed by atoms with van der Waals surface area (Å²) in [4.78, 5) is 19.1. The number of allylic oxidation sites excluding steroid dienone is 1. The van der Waals surface area contributed by atoms with Gasteiger partial charge < -0.3 is 26.0 Å². The van der Waals surface area contributed by atoms with E-state index in [9.17, 15) is 13.6 Å². The zero-order chi connectivity index (χ0) is 25.5. The van der Waals surface area contributed by atoms with Crippen LogP contribution in [-0.2, 0) is 9.53 Å². The molecular weight excluding hydrogens is 499 g/mol. The molecule has 2 saturated heterocycles. The summed E-state index contributed by atoms with van der Waals surface area (Å²) in [6.45, 7) is 6.21. The van der Waals surface area contributed by atoms with Crippen molar-refractivity contribution in [3.63, 3.8) is 0 Å². The fourth-order valence-corrected chi connectivity index (χ4v) is 4.34. The maximum Gasteiger partial charge on any atom is 0.272 e. The summed E-state index contributed by atoms with van der Waals surface area (Å²) in [5.74, 6) is -0.677. The number of rotatable bonds is 8. The van der Waals surface area contributed by atoms with Gasteiger partial charge in [0.15, 0.2) is 0 Å². The van der Waals surface area contributed by atoms with Crippen molar-refractivity contribution in [1.82, 2.24) is 10.2 Å². The third-order valence-corrected chi connectivity index (χ3v) is 6.88. The van der Waals surface area contributed by atoms with E-state index in [2.05, 4.69) is 22.2 Å². The summed E-state index contributed by atoms with van der Waals surface area (Å²) in [6.07, 6.45) is 0.907. The van der Waals surface area contributed by atoms with Gasteiger partial charge >= 0.3 is 0 Å². The predicted molar refractivity (Wildman–Crippen MR) is 136 cm³/mol. The second kappa shape index (κ2) is 12.7. The number of piperidine rings is 1. The number of nitrogens with zero attached hydrogens (tertiary/aromatic N) is 2. The standard InChI is InChI=1S/C24H31Cl2F2N5O2/c1-14(15(2)30-17-3-4-18(25)19(26)11-17)23(32-22(29)12-27)24(34)33-8-5-16(6-9-33)31-21-7-10-35-13-20(21)28/h3-4,11,16,20-21,30-31H,2,5-10,12-13H2,1H3,(H2,29,32)/b23-14-. The van der Waals surface area contributed by atoms with E-state index in [1.165, 1.54) is 0 Å². The number of halogens is 4. The van der Waals surface area contributed by atoms with Crippen LogP contribution < -0.4 is 16.4 Å². The lowest BCUT2D eigenvalue weighted by molar-refractivity contribution is -0.128. The molecule has 2 heterocycles. The summed E-state index contributed by atoms with van der Waals surface area (Å²) < 4.78 is 32.4. The lowest BCUT2D eigenvalue weighted by Crippen LogP contribution is -2.52. The van der Waals surface area contributed by atoms with Crippen molar-refractivity contribution in [2.24, 2.45) is 10.7 Å². The zero-order valence-corrected chi connectivity index (χ0v) is 21.1. The minimum absolute atomic E-state index is 0.0115. The Hall–Kier alpha value is -2.20. The Kier molecular flexibility index (Phi) is 9.91. The lowest BCUT2D eigenvalue weighted by Gasteiger charge is -2.36. The molecule has 0 aliphatic carbocycles. The Morgan fingerprint density at radius 1 is 1.29 bits per heavy atom. The molecular formula is C24H31Cl2F2N5O2. The highest BCUT2D eigenvalue weighted by molar-refractivity contribution is 6.42. The van der Waals surface area contributed by atoms with Crippen molar-refractivity contribution in [2.45, 2.75) is 44.4 Å². The number of nitrogens with two attached hydrogens (primary N) is 1. The summed E-state index contributed by atoms with van der Waals surface area (Å²) in [5, 5.41) is 7.20. The van der Waals surface area contributed by atoms with E-state index in [1.54, 1.807) is 30.0 Å². The molecule has 0 saturated carbocycles. The molecule has 7 nitrogen and oxygen atoms in total. The van der Waals surface area contributed by atoms with Crippen LogP contribution >= 0.6 is 23.2 Å². The number of likely N-dealkylation sites (tertiary alicyclic amines) is 1. The number of alkyl halides is 2. The van der Waals surface area contributed by atoms with Crippen molar-refractivity contribution < 1.29 is 18.3 Å². The Balaban J connectivity index is 1.70. The van der Waals surface area contributed by atoms with E-state index < -0.39 is 12.8 Å². The van der Waals surface area contributed by atoms with Crippen molar-refractivity contribution >= 4 is 40.6 Å². The van der Waals surface area contributed by atoms with E-state index >= 15 is 0 Å². The van der Waals surface area contributed by atoms with Gasteiger partial charge in [0, 0.05) is 48.7 Å². The third kappa shape index (κ3) is 7.39. The van der Waals surface area contributed by atoms with Gasteiger partial charge in [-0.15, -0.1) is 0 Å². The minimum Gasteiger partial charge on any atom is -0.385 e. The second-order valence-corrected chi connectivity index (χ2v) is 9.48. The third-order valence-electron chi connectivity index (χ3n) is 6.14. The molecule has 192 valence electrons. The SMILES string of the molecule is C=C(Nc1ccc(Cl)c(Cl)c1)/C(C)=C(\N=C(N)CF)C(=O)N1CCC(NC2CCOCC2F)CC1. The Morgan fingerprint density at radius 3 is 2.63 bits per heavy atom. The first-order valence-electron chi connectivity index (χ1n) is 11.5. The molecule has 3 rings (SSSR count). The van der Waals surface area contributed by atoms with E-state index in [4.69, 9.17) is 33.7 Å². The molecule has 4 N–H and O–H groups in total. The van der Waals surface area contributed by atoms with Crippen molar-refractivity contribution in [3.8, 4) is 0 Å². The predicted octanol–water partition coefficient (Wildman–Crippen LogP) is 4.23. The van der Waals surface area contributed by atoms with Gasteiger partial charge in [0.25, 0.3) is 5.91 Å². The highest BCUT2D eigenvalue weighted by atomic mass is 35.5. The van der Waals surface area contributed by atoms with Gasteiger partial charge in [-0.05, 0) is 44.4 Å². The van der Waals surface area contributed by atoms with Crippen LogP contribution in [0.25, 0.3) is 0 Å². The molecule has 0 radical (unpaired) electrons. The average molecular weight is 530 g/mol. The number of amidine groups is 1. The normalized spacial score (nSPS) is 22.5. The topological polar surface area (TPSA) is 92.0 Å². The minimum atomic E-state index is -1.03. The summed E-state index contributed by atoms with van der Waals surface area (Å²) >= 11 is 12.0. The molecule has 35 heavy (non-hydrogen) atoms. The Morgan fingerprint density at radius 2 is 2.00 bits per heavy atom. The number of nitrogens with one attached hydrogen (secondary N) is 2. The Bertz CT molecular complexity index is 996. The van der Waals surface area contributed by atoms with E-state index in [0.717, 1.165) is 0 Å². The second-order valence-electron chi connectivity index (χ2n) is 8.66. The first-order chi connectivity index (χ1) is 16.7. The molecule has 2 aliphatic heterocycles. The fraction of sp³-hybridized carbons (Fsp3) is 0.500. The number of anilines is 1. The highest BCUT2D eigenvalue weighted by Gasteiger charge is 2.31. The lowest BCUT2D eigenvalue weighted by atomic mass is 10.00. The monoisotopic (exact) mass is 529 g/mol. The largest absolute Gasteiger partial charge is 0.385 e. The van der Waals surface area contributed by atoms with E-state index in [-0.39, 0.29) is 36.1 Å². The van der Waals surface area contributed by atoms with Gasteiger partial charge in [0.05, 0.1) is 16.7 Å². The van der Waals surface area contributed by atoms with Crippen molar-refractivity contribution in [1.29, 1.82) is 0 Å². The van der Waals surface area contributed by atoms with Crippen LogP contribution in [0, 0.1) is 0 Å². The van der Waals surface area contributed by atoms with E-state index in [0.29, 0.717) is 66.0 Å². The molecule has 0 bridgehead atoms. The van der Waals surface area contributed by atoms with Gasteiger partial charge in [-0.1, -0.05) is 29.8 Å². The first-order valence-corrected chi connectivity index (χ1v) is 12.2. The van der Waals surface area contributed by atoms with Gasteiger partial charge in [-0.2, -0.15) is 0 Å². The van der Waals surface area contributed by atoms with E-state index in [1.807, 2.05) is 0 Å². The van der Waals surface area contributed by atoms with Crippen molar-refractivity contribution in [2.75, 3.05) is 38.3 Å². The average Bonchev–Trinajstić information content (AvgIpc) is 2.85. The number of ether oxygens (including phenoxy) is 1. The summed E-state index contributed by atoms with van der Waals surface area (Å²) in [7, 11) is 0. The van der Waals surface area contributed by atoms with Gasteiger partial charge in [0.1, 0.15) is 24.4 Å². The molecule has 0 spiro atoms. The number of amides is 1. The molecule has 1 aromatic carbocycles. The van der Waals surface area contributed by atoms with Crippen LogP contribution in [0.2, 0.25) is 10.0 Å². The molecule has 2 aliphatic rings. The maximum atomic E-state index is 14.1. The quantitative estimate of drug-likeness (QED) is 0.203. The smallest absolute Gasteiger partial charge is 0.272 e. The fourth-order valence-electron chi connectivity index (χ4n) is 4.04. The first kappa shape index (κ1) is 27.4. The van der Waals surface area contributed by atoms with Crippen LogP contribution in [0.15, 0.2) is 46.7 Å². The number of aliphatic imine (C=N–C) groups is 1. The highest BCUT2D eigenvalue weighted by Crippen LogP contribution is 2.27. The van der Waals surface area contributed by atoms with Crippen LogP contribution in [0.5, 0.6) is 0 Å². The van der Waals surface area contributed by atoms with Crippen LogP contribution in [0.3, 0.4) is 0 Å². The zero-order valence-electron chi connectivity index (χ0n) is 19.6. The van der Waals surface area contributed by atoms with Gasteiger partial charge in [-0.3, -0.25) is 4.79 Å². The van der Waals surface area contributed by atoms with Crippen molar-refractivity contribution in [3.05, 3.63) is 51.8 Å². The number of carbonyl (C=O) groups excluding carboxylic acids is 1.